The summed E-state index contributed by atoms with van der Waals surface area (Å²) in [5, 5.41) is 5.33. The first kappa shape index (κ1) is 15.0. The first-order valence-corrected chi connectivity index (χ1v) is 7.97. The predicted octanol–water partition coefficient (Wildman–Crippen LogP) is 2.78. The minimum atomic E-state index is -0.0859. The number of methoxy groups -OCH3 is 1. The summed E-state index contributed by atoms with van der Waals surface area (Å²) in [5.41, 5.74) is 2.64. The normalized spacial score (nSPS) is 17.2. The molecule has 0 unspecified atom stereocenters. The van der Waals surface area contributed by atoms with Crippen molar-refractivity contribution in [3.63, 3.8) is 0 Å². The molecule has 1 aliphatic heterocycles. The van der Waals surface area contributed by atoms with E-state index in [1.165, 1.54) is 0 Å². The van der Waals surface area contributed by atoms with Gasteiger partial charge in [0.1, 0.15) is 5.58 Å². The average molecular weight is 325 g/mol. The summed E-state index contributed by atoms with van der Waals surface area (Å²) in [4.78, 5) is 14.8. The Morgan fingerprint density at radius 1 is 1.38 bits per heavy atom. The molecule has 124 valence electrons. The molecule has 3 aromatic rings. The van der Waals surface area contributed by atoms with E-state index in [-0.39, 0.29) is 11.9 Å². The lowest BCUT2D eigenvalue weighted by Crippen LogP contribution is -2.42. The summed E-state index contributed by atoms with van der Waals surface area (Å²) in [6.45, 7) is 3.52. The Balaban J connectivity index is 1.68. The molecule has 0 bridgehead atoms. The van der Waals surface area contributed by atoms with Gasteiger partial charge in [0, 0.05) is 30.8 Å². The Hall–Kier alpha value is -2.60. The molecule has 3 heterocycles. The van der Waals surface area contributed by atoms with Gasteiger partial charge in [0.25, 0.3) is 5.91 Å². The molecule has 0 saturated carbocycles. The summed E-state index contributed by atoms with van der Waals surface area (Å²) in [6.07, 6.45) is 1.76. The SMILES string of the molecule is COC[C@H]1CN(C(=O)c2oc3ccccc3c2C)Cc2ccnn21. The van der Waals surface area contributed by atoms with Gasteiger partial charge in [-0.15, -0.1) is 0 Å². The molecule has 6 nitrogen and oxygen atoms in total. The largest absolute Gasteiger partial charge is 0.451 e. The topological polar surface area (TPSA) is 60.5 Å². The van der Waals surface area contributed by atoms with Gasteiger partial charge < -0.3 is 14.1 Å². The van der Waals surface area contributed by atoms with Crippen LogP contribution in [0.25, 0.3) is 11.0 Å². The van der Waals surface area contributed by atoms with Crippen molar-refractivity contribution in [2.75, 3.05) is 20.3 Å². The standard InChI is InChI=1S/C18H19N3O3/c1-12-15-5-3-4-6-16(15)24-17(12)18(22)20-9-13-7-8-19-21(13)14(10-20)11-23-2/h3-8,14H,9-11H2,1-2H3/t14-/m1/s1. The van der Waals surface area contributed by atoms with Gasteiger partial charge >= 0.3 is 0 Å². The smallest absolute Gasteiger partial charge is 0.290 e. The fraction of sp³-hybridized carbons (Fsp3) is 0.333. The van der Waals surface area contributed by atoms with Crippen molar-refractivity contribution in [2.24, 2.45) is 0 Å². The zero-order valence-electron chi connectivity index (χ0n) is 13.7. The van der Waals surface area contributed by atoms with Gasteiger partial charge in [-0.1, -0.05) is 18.2 Å². The van der Waals surface area contributed by atoms with Gasteiger partial charge in [0.15, 0.2) is 5.76 Å². The first-order chi connectivity index (χ1) is 11.7. The Labute approximate surface area is 139 Å². The number of ether oxygens (including phenoxy) is 1. The van der Waals surface area contributed by atoms with Crippen LogP contribution in [0.5, 0.6) is 0 Å². The van der Waals surface area contributed by atoms with E-state index >= 15 is 0 Å². The molecule has 1 aromatic carbocycles. The molecule has 0 fully saturated rings. The molecular weight excluding hydrogens is 306 g/mol. The third kappa shape index (κ3) is 2.30. The van der Waals surface area contributed by atoms with Crippen molar-refractivity contribution in [3.8, 4) is 0 Å². The highest BCUT2D eigenvalue weighted by atomic mass is 16.5. The number of aryl methyl sites for hydroxylation is 1. The lowest BCUT2D eigenvalue weighted by Gasteiger charge is -2.33. The fourth-order valence-electron chi connectivity index (χ4n) is 3.38. The Kier molecular flexibility index (Phi) is 3.61. The number of rotatable bonds is 3. The Morgan fingerprint density at radius 3 is 3.00 bits per heavy atom. The van der Waals surface area contributed by atoms with Crippen LogP contribution in [0.15, 0.2) is 40.9 Å². The van der Waals surface area contributed by atoms with Gasteiger partial charge in [0.2, 0.25) is 0 Å². The van der Waals surface area contributed by atoms with Crippen LogP contribution < -0.4 is 0 Å². The third-order valence-corrected chi connectivity index (χ3v) is 4.57. The number of benzene rings is 1. The van der Waals surface area contributed by atoms with Crippen LogP contribution in [0.3, 0.4) is 0 Å². The zero-order valence-corrected chi connectivity index (χ0v) is 13.7. The maximum atomic E-state index is 13.0. The van der Waals surface area contributed by atoms with Crippen LogP contribution >= 0.6 is 0 Å². The van der Waals surface area contributed by atoms with Crippen molar-refractivity contribution < 1.29 is 13.9 Å². The first-order valence-electron chi connectivity index (χ1n) is 7.97. The molecule has 6 heteroatoms. The highest BCUT2D eigenvalue weighted by Gasteiger charge is 2.31. The molecule has 1 amide bonds. The van der Waals surface area contributed by atoms with Crippen LogP contribution in [0.2, 0.25) is 0 Å². The van der Waals surface area contributed by atoms with E-state index in [4.69, 9.17) is 9.15 Å². The van der Waals surface area contributed by atoms with Crippen molar-refractivity contribution in [2.45, 2.75) is 19.5 Å². The number of nitrogens with zero attached hydrogens (tertiary/aromatic N) is 3. The molecule has 0 spiro atoms. The summed E-state index contributed by atoms with van der Waals surface area (Å²) in [6, 6.07) is 9.68. The number of hydrogen-bond acceptors (Lipinski definition) is 4. The predicted molar refractivity (Wildman–Crippen MR) is 88.8 cm³/mol. The Morgan fingerprint density at radius 2 is 2.21 bits per heavy atom. The van der Waals surface area contributed by atoms with E-state index in [0.717, 1.165) is 22.2 Å². The number of aromatic nitrogens is 2. The van der Waals surface area contributed by atoms with Crippen LogP contribution in [0.4, 0.5) is 0 Å². The average Bonchev–Trinajstić information content (AvgIpc) is 3.20. The number of hydrogen-bond donors (Lipinski definition) is 0. The van der Waals surface area contributed by atoms with E-state index in [0.29, 0.717) is 25.5 Å². The van der Waals surface area contributed by atoms with E-state index < -0.39 is 0 Å². The molecule has 0 radical (unpaired) electrons. The van der Waals surface area contributed by atoms with E-state index in [1.54, 1.807) is 13.3 Å². The number of furan rings is 1. The highest BCUT2D eigenvalue weighted by molar-refractivity contribution is 5.98. The van der Waals surface area contributed by atoms with Gasteiger partial charge in [0.05, 0.1) is 24.9 Å². The molecule has 4 rings (SSSR count). The summed E-state index contributed by atoms with van der Waals surface area (Å²) in [5.74, 6) is 0.331. The van der Waals surface area contributed by atoms with Crippen molar-refractivity contribution >= 4 is 16.9 Å². The minimum absolute atomic E-state index is 0.0161. The molecule has 0 N–H and O–H groups in total. The lowest BCUT2D eigenvalue weighted by molar-refractivity contribution is 0.0551. The van der Waals surface area contributed by atoms with E-state index in [2.05, 4.69) is 5.10 Å². The zero-order chi connectivity index (χ0) is 16.7. The number of fused-ring (bicyclic) bond motifs is 2. The monoisotopic (exact) mass is 325 g/mol. The quantitative estimate of drug-likeness (QED) is 0.743. The lowest BCUT2D eigenvalue weighted by atomic mass is 10.1. The van der Waals surface area contributed by atoms with E-state index in [9.17, 15) is 4.79 Å². The molecule has 2 aromatic heterocycles. The number of carbonyl (C=O) groups excluding carboxylic acids is 1. The van der Waals surface area contributed by atoms with Crippen LogP contribution in [-0.4, -0.2) is 40.8 Å². The second kappa shape index (κ2) is 5.79. The minimum Gasteiger partial charge on any atom is -0.451 e. The van der Waals surface area contributed by atoms with E-state index in [1.807, 2.05) is 46.8 Å². The second-order valence-electron chi connectivity index (χ2n) is 6.11. The number of carbonyl (C=O) groups is 1. The molecule has 0 saturated heterocycles. The number of amides is 1. The summed E-state index contributed by atoms with van der Waals surface area (Å²) < 4.78 is 13.1. The summed E-state index contributed by atoms with van der Waals surface area (Å²) in [7, 11) is 1.66. The molecule has 24 heavy (non-hydrogen) atoms. The van der Waals surface area contributed by atoms with Crippen LogP contribution in [0.1, 0.15) is 27.9 Å². The van der Waals surface area contributed by atoms with Crippen molar-refractivity contribution in [1.82, 2.24) is 14.7 Å². The molecular formula is C18H19N3O3. The van der Waals surface area contributed by atoms with Crippen molar-refractivity contribution in [1.29, 1.82) is 0 Å². The third-order valence-electron chi connectivity index (χ3n) is 4.57. The fourth-order valence-corrected chi connectivity index (χ4v) is 3.38. The molecule has 1 aliphatic rings. The van der Waals surface area contributed by atoms with Crippen LogP contribution in [-0.2, 0) is 11.3 Å². The summed E-state index contributed by atoms with van der Waals surface area (Å²) >= 11 is 0. The van der Waals surface area contributed by atoms with Gasteiger partial charge in [-0.2, -0.15) is 5.10 Å². The van der Waals surface area contributed by atoms with Gasteiger partial charge in [-0.25, -0.2) is 0 Å². The van der Waals surface area contributed by atoms with Crippen molar-refractivity contribution in [3.05, 3.63) is 53.5 Å². The highest BCUT2D eigenvalue weighted by Crippen LogP contribution is 2.28. The molecule has 0 aliphatic carbocycles. The molecule has 1 atom stereocenters. The maximum Gasteiger partial charge on any atom is 0.290 e. The second-order valence-corrected chi connectivity index (χ2v) is 6.11. The van der Waals surface area contributed by atoms with Gasteiger partial charge in [-0.3, -0.25) is 9.48 Å². The van der Waals surface area contributed by atoms with Crippen LogP contribution in [0, 0.1) is 6.92 Å². The Bertz CT molecular complexity index is 896. The maximum absolute atomic E-state index is 13.0. The van der Waals surface area contributed by atoms with Gasteiger partial charge in [-0.05, 0) is 19.1 Å². The number of para-hydroxylation sites is 1.